The van der Waals surface area contributed by atoms with Crippen LogP contribution in [0.25, 0.3) is 0 Å². The smallest absolute Gasteiger partial charge is 0.229 e. The molecule has 0 unspecified atom stereocenters. The Morgan fingerprint density at radius 3 is 2.89 bits per heavy atom. The SMILES string of the molecule is CCNCc1cccc(NC(=O)[C@@H](C)COC)c1. The van der Waals surface area contributed by atoms with Gasteiger partial charge in [0.2, 0.25) is 5.91 Å². The first-order chi connectivity index (χ1) is 8.67. The summed E-state index contributed by atoms with van der Waals surface area (Å²) in [6, 6.07) is 7.87. The van der Waals surface area contributed by atoms with Crippen LogP contribution in [0.4, 0.5) is 5.69 Å². The van der Waals surface area contributed by atoms with Gasteiger partial charge in [-0.25, -0.2) is 0 Å². The van der Waals surface area contributed by atoms with E-state index in [9.17, 15) is 4.79 Å². The standard InChI is InChI=1S/C14H22N2O2/c1-4-15-9-12-6-5-7-13(8-12)16-14(17)11(2)10-18-3/h5-8,11,15H,4,9-10H2,1-3H3,(H,16,17)/t11-/m0/s1. The molecule has 0 spiro atoms. The lowest BCUT2D eigenvalue weighted by Crippen LogP contribution is -2.24. The summed E-state index contributed by atoms with van der Waals surface area (Å²) < 4.78 is 4.97. The summed E-state index contributed by atoms with van der Waals surface area (Å²) in [6.45, 7) is 6.09. The maximum atomic E-state index is 11.8. The first-order valence-corrected chi connectivity index (χ1v) is 6.26. The molecule has 0 aliphatic heterocycles. The molecule has 1 aromatic carbocycles. The summed E-state index contributed by atoms with van der Waals surface area (Å²) in [5.74, 6) is -0.162. The van der Waals surface area contributed by atoms with Crippen molar-refractivity contribution >= 4 is 11.6 Å². The molecule has 0 saturated carbocycles. The van der Waals surface area contributed by atoms with E-state index in [1.807, 2.05) is 31.2 Å². The second kappa shape index (κ2) is 7.84. The van der Waals surface area contributed by atoms with Crippen molar-refractivity contribution in [3.05, 3.63) is 29.8 Å². The summed E-state index contributed by atoms with van der Waals surface area (Å²) in [5.41, 5.74) is 1.99. The molecule has 0 bridgehead atoms. The van der Waals surface area contributed by atoms with Crippen LogP contribution >= 0.6 is 0 Å². The number of hydrogen-bond donors (Lipinski definition) is 2. The fraction of sp³-hybridized carbons (Fsp3) is 0.500. The van der Waals surface area contributed by atoms with Crippen LogP contribution in [0.2, 0.25) is 0 Å². The van der Waals surface area contributed by atoms with Gasteiger partial charge in [0.15, 0.2) is 0 Å². The molecule has 0 heterocycles. The Kier molecular flexibility index (Phi) is 6.39. The highest BCUT2D eigenvalue weighted by atomic mass is 16.5. The Morgan fingerprint density at radius 1 is 1.44 bits per heavy atom. The quantitative estimate of drug-likeness (QED) is 0.778. The second-order valence-electron chi connectivity index (χ2n) is 4.33. The number of carbonyl (C=O) groups excluding carboxylic acids is 1. The normalized spacial score (nSPS) is 12.2. The van der Waals surface area contributed by atoms with Gasteiger partial charge in [0, 0.05) is 19.3 Å². The first kappa shape index (κ1) is 14.7. The molecule has 1 atom stereocenters. The highest BCUT2D eigenvalue weighted by Gasteiger charge is 2.12. The Bertz CT molecular complexity index is 380. The summed E-state index contributed by atoms with van der Waals surface area (Å²) >= 11 is 0. The van der Waals surface area contributed by atoms with E-state index < -0.39 is 0 Å². The minimum absolute atomic E-state index is 0.0162. The second-order valence-corrected chi connectivity index (χ2v) is 4.33. The van der Waals surface area contributed by atoms with Crippen molar-refractivity contribution in [3.8, 4) is 0 Å². The van der Waals surface area contributed by atoms with Gasteiger partial charge < -0.3 is 15.4 Å². The molecule has 0 aliphatic rings. The van der Waals surface area contributed by atoms with Crippen LogP contribution in [0, 0.1) is 5.92 Å². The lowest BCUT2D eigenvalue weighted by atomic mass is 10.1. The fourth-order valence-electron chi connectivity index (χ4n) is 1.62. The third-order valence-electron chi connectivity index (χ3n) is 2.64. The lowest BCUT2D eigenvalue weighted by molar-refractivity contribution is -0.120. The van der Waals surface area contributed by atoms with Gasteiger partial charge in [-0.1, -0.05) is 26.0 Å². The van der Waals surface area contributed by atoms with E-state index in [4.69, 9.17) is 4.74 Å². The van der Waals surface area contributed by atoms with Crippen LogP contribution in [0.15, 0.2) is 24.3 Å². The average Bonchev–Trinajstić information content (AvgIpc) is 2.37. The highest BCUT2D eigenvalue weighted by Crippen LogP contribution is 2.12. The van der Waals surface area contributed by atoms with Gasteiger partial charge in [-0.2, -0.15) is 0 Å². The molecule has 4 nitrogen and oxygen atoms in total. The molecule has 1 aromatic rings. The third kappa shape index (κ3) is 4.85. The predicted molar refractivity (Wildman–Crippen MR) is 73.5 cm³/mol. The van der Waals surface area contributed by atoms with Crippen molar-refractivity contribution in [2.45, 2.75) is 20.4 Å². The molecule has 0 aliphatic carbocycles. The largest absolute Gasteiger partial charge is 0.384 e. The molecule has 2 N–H and O–H groups in total. The van der Waals surface area contributed by atoms with Gasteiger partial charge in [0.05, 0.1) is 12.5 Å². The molecule has 100 valence electrons. The summed E-state index contributed by atoms with van der Waals surface area (Å²) in [4.78, 5) is 11.8. The monoisotopic (exact) mass is 250 g/mol. The van der Waals surface area contributed by atoms with E-state index >= 15 is 0 Å². The Balaban J connectivity index is 2.58. The van der Waals surface area contributed by atoms with Gasteiger partial charge in [0.25, 0.3) is 0 Å². The molecule has 1 rings (SSSR count). The molecule has 0 radical (unpaired) electrons. The zero-order chi connectivity index (χ0) is 13.4. The van der Waals surface area contributed by atoms with Crippen LogP contribution in [-0.2, 0) is 16.1 Å². The summed E-state index contributed by atoms with van der Waals surface area (Å²) in [7, 11) is 1.60. The molecular weight excluding hydrogens is 228 g/mol. The lowest BCUT2D eigenvalue weighted by Gasteiger charge is -2.12. The number of benzene rings is 1. The van der Waals surface area contributed by atoms with Gasteiger partial charge >= 0.3 is 0 Å². The minimum Gasteiger partial charge on any atom is -0.384 e. The first-order valence-electron chi connectivity index (χ1n) is 6.26. The zero-order valence-corrected chi connectivity index (χ0v) is 11.3. The van der Waals surface area contributed by atoms with E-state index in [0.29, 0.717) is 6.61 Å². The number of rotatable bonds is 7. The van der Waals surface area contributed by atoms with E-state index in [2.05, 4.69) is 17.6 Å². The van der Waals surface area contributed by atoms with Crippen molar-refractivity contribution in [2.75, 3.05) is 25.6 Å². The van der Waals surface area contributed by atoms with Crippen molar-refractivity contribution in [2.24, 2.45) is 5.92 Å². The number of amides is 1. The highest BCUT2D eigenvalue weighted by molar-refractivity contribution is 5.92. The van der Waals surface area contributed by atoms with E-state index in [0.717, 1.165) is 24.3 Å². The van der Waals surface area contributed by atoms with E-state index in [-0.39, 0.29) is 11.8 Å². The Morgan fingerprint density at radius 2 is 2.22 bits per heavy atom. The molecule has 1 amide bonds. The van der Waals surface area contributed by atoms with E-state index in [1.54, 1.807) is 7.11 Å². The molecule has 0 saturated heterocycles. The van der Waals surface area contributed by atoms with Crippen molar-refractivity contribution in [1.29, 1.82) is 0 Å². The fourth-order valence-corrected chi connectivity index (χ4v) is 1.62. The van der Waals surface area contributed by atoms with Crippen LogP contribution in [0.5, 0.6) is 0 Å². The minimum atomic E-state index is -0.146. The number of carbonyl (C=O) groups is 1. The van der Waals surface area contributed by atoms with Crippen LogP contribution in [0.3, 0.4) is 0 Å². The topological polar surface area (TPSA) is 50.4 Å². The molecule has 0 fully saturated rings. The van der Waals surface area contributed by atoms with Crippen LogP contribution in [-0.4, -0.2) is 26.2 Å². The van der Waals surface area contributed by atoms with Gasteiger partial charge in [-0.15, -0.1) is 0 Å². The Labute approximate surface area is 109 Å². The van der Waals surface area contributed by atoms with Gasteiger partial charge in [0.1, 0.15) is 0 Å². The van der Waals surface area contributed by atoms with Crippen LogP contribution < -0.4 is 10.6 Å². The van der Waals surface area contributed by atoms with E-state index in [1.165, 1.54) is 0 Å². The molecule has 0 aromatic heterocycles. The van der Waals surface area contributed by atoms with Gasteiger partial charge in [-0.3, -0.25) is 4.79 Å². The molecule has 18 heavy (non-hydrogen) atoms. The summed E-state index contributed by atoms with van der Waals surface area (Å²) in [6.07, 6.45) is 0. The average molecular weight is 250 g/mol. The van der Waals surface area contributed by atoms with Crippen molar-refractivity contribution in [1.82, 2.24) is 5.32 Å². The van der Waals surface area contributed by atoms with Crippen molar-refractivity contribution < 1.29 is 9.53 Å². The summed E-state index contributed by atoms with van der Waals surface area (Å²) in [5, 5.41) is 6.15. The van der Waals surface area contributed by atoms with Crippen molar-refractivity contribution in [3.63, 3.8) is 0 Å². The molecule has 4 heteroatoms. The number of hydrogen-bond acceptors (Lipinski definition) is 3. The number of anilines is 1. The predicted octanol–water partition coefficient (Wildman–Crippen LogP) is 2.02. The maximum Gasteiger partial charge on any atom is 0.229 e. The van der Waals surface area contributed by atoms with Gasteiger partial charge in [-0.05, 0) is 24.2 Å². The zero-order valence-electron chi connectivity index (χ0n) is 11.3. The third-order valence-corrected chi connectivity index (χ3v) is 2.64. The molecular formula is C14H22N2O2. The maximum absolute atomic E-state index is 11.8. The van der Waals surface area contributed by atoms with Crippen LogP contribution in [0.1, 0.15) is 19.4 Å². The number of nitrogens with one attached hydrogen (secondary N) is 2. The number of methoxy groups -OCH3 is 1. The Hall–Kier alpha value is -1.39. The number of ether oxygens (including phenoxy) is 1.